The van der Waals surface area contributed by atoms with E-state index in [4.69, 9.17) is 10.2 Å². The van der Waals surface area contributed by atoms with Crippen molar-refractivity contribution in [3.8, 4) is 0 Å². The molecule has 0 saturated heterocycles. The number of likely N-dealkylation sites (N-methyl/N-ethyl adjacent to an activating group) is 1. The minimum absolute atomic E-state index is 0.155. The summed E-state index contributed by atoms with van der Waals surface area (Å²) in [5, 5.41) is 30.4. The van der Waals surface area contributed by atoms with Gasteiger partial charge < -0.3 is 25.5 Å². The number of nitrogens with zero attached hydrogens (tertiary/aromatic N) is 1. The van der Waals surface area contributed by atoms with Crippen molar-refractivity contribution in [2.75, 3.05) is 40.4 Å². The van der Waals surface area contributed by atoms with Gasteiger partial charge in [0.2, 0.25) is 0 Å². The van der Waals surface area contributed by atoms with Gasteiger partial charge in [-0.15, -0.1) is 0 Å². The standard InChI is InChI=1S/C9H22N2O3/c1-9(6-12,7-13)10-4-8(14)5-11(2)3/h8,10,12-14H,4-7H2,1-3H3. The molecule has 0 aromatic rings. The normalized spacial score (nSPS) is 14.8. The van der Waals surface area contributed by atoms with Crippen LogP contribution in [0.5, 0.6) is 0 Å². The van der Waals surface area contributed by atoms with E-state index in [-0.39, 0.29) is 13.2 Å². The van der Waals surface area contributed by atoms with Crippen molar-refractivity contribution in [3.63, 3.8) is 0 Å². The lowest BCUT2D eigenvalue weighted by Gasteiger charge is -2.28. The molecule has 14 heavy (non-hydrogen) atoms. The minimum Gasteiger partial charge on any atom is -0.394 e. The number of rotatable bonds is 7. The Balaban J connectivity index is 3.79. The van der Waals surface area contributed by atoms with E-state index in [1.54, 1.807) is 6.92 Å². The molecule has 0 amide bonds. The Bertz CT molecular complexity index is 149. The monoisotopic (exact) mass is 206 g/mol. The largest absolute Gasteiger partial charge is 0.394 e. The molecule has 0 saturated carbocycles. The maximum absolute atomic E-state index is 9.51. The molecule has 5 heteroatoms. The predicted octanol–water partition coefficient (Wildman–Crippen LogP) is -1.76. The molecular weight excluding hydrogens is 184 g/mol. The highest BCUT2D eigenvalue weighted by molar-refractivity contribution is 4.82. The number of aliphatic hydroxyl groups excluding tert-OH is 3. The molecule has 0 bridgehead atoms. The molecule has 0 rings (SSSR count). The first-order chi connectivity index (χ1) is 6.43. The summed E-state index contributed by atoms with van der Waals surface area (Å²) < 4.78 is 0. The predicted molar refractivity (Wildman–Crippen MR) is 55.1 cm³/mol. The molecule has 1 atom stereocenters. The molecule has 0 aliphatic heterocycles. The van der Waals surface area contributed by atoms with Gasteiger partial charge in [-0.1, -0.05) is 0 Å². The van der Waals surface area contributed by atoms with Crippen molar-refractivity contribution in [3.05, 3.63) is 0 Å². The first-order valence-corrected chi connectivity index (χ1v) is 4.73. The molecule has 0 radical (unpaired) electrons. The summed E-state index contributed by atoms with van der Waals surface area (Å²) in [4.78, 5) is 1.88. The first kappa shape index (κ1) is 13.8. The Kier molecular flexibility index (Phi) is 6.22. The summed E-state index contributed by atoms with van der Waals surface area (Å²) in [6.45, 7) is 2.31. The number of hydrogen-bond acceptors (Lipinski definition) is 5. The number of hydrogen-bond donors (Lipinski definition) is 4. The van der Waals surface area contributed by atoms with Gasteiger partial charge in [0.1, 0.15) is 0 Å². The average Bonchev–Trinajstić information content (AvgIpc) is 2.13. The molecule has 4 N–H and O–H groups in total. The maximum atomic E-state index is 9.51. The smallest absolute Gasteiger partial charge is 0.0791 e. The zero-order valence-electron chi connectivity index (χ0n) is 9.19. The molecule has 5 nitrogen and oxygen atoms in total. The Morgan fingerprint density at radius 3 is 2.14 bits per heavy atom. The third kappa shape index (κ3) is 5.51. The van der Waals surface area contributed by atoms with Gasteiger partial charge in [0, 0.05) is 13.1 Å². The minimum atomic E-state index is -0.715. The van der Waals surface area contributed by atoms with Crippen LogP contribution in [-0.4, -0.2) is 72.3 Å². The van der Waals surface area contributed by atoms with Gasteiger partial charge in [0.25, 0.3) is 0 Å². The summed E-state index contributed by atoms with van der Waals surface area (Å²) in [7, 11) is 3.75. The van der Waals surface area contributed by atoms with Crippen LogP contribution in [0.3, 0.4) is 0 Å². The Labute approximate surface area is 85.4 Å². The summed E-state index contributed by atoms with van der Waals surface area (Å²) in [5.74, 6) is 0. The summed E-state index contributed by atoms with van der Waals surface area (Å²) in [5.41, 5.74) is -0.715. The van der Waals surface area contributed by atoms with Gasteiger partial charge in [-0.05, 0) is 21.0 Å². The summed E-state index contributed by atoms with van der Waals surface area (Å²) in [6, 6.07) is 0. The molecule has 0 spiro atoms. The third-order valence-electron chi connectivity index (χ3n) is 2.04. The molecule has 0 aliphatic carbocycles. The van der Waals surface area contributed by atoms with Crippen LogP contribution < -0.4 is 5.32 Å². The van der Waals surface area contributed by atoms with Crippen LogP contribution in [0.2, 0.25) is 0 Å². The van der Waals surface area contributed by atoms with Crippen LogP contribution in [0.1, 0.15) is 6.92 Å². The summed E-state index contributed by atoms with van der Waals surface area (Å²) in [6.07, 6.45) is -0.498. The Morgan fingerprint density at radius 2 is 1.79 bits per heavy atom. The van der Waals surface area contributed by atoms with E-state index in [1.807, 2.05) is 19.0 Å². The van der Waals surface area contributed by atoms with Gasteiger partial charge in [-0.2, -0.15) is 0 Å². The van der Waals surface area contributed by atoms with E-state index in [0.717, 1.165) is 0 Å². The average molecular weight is 206 g/mol. The number of aliphatic hydroxyl groups is 3. The van der Waals surface area contributed by atoms with Crippen molar-refractivity contribution in [1.29, 1.82) is 0 Å². The van der Waals surface area contributed by atoms with E-state index < -0.39 is 11.6 Å². The SMILES string of the molecule is CN(C)CC(O)CNC(C)(CO)CO. The molecule has 0 aromatic heterocycles. The van der Waals surface area contributed by atoms with E-state index in [0.29, 0.717) is 13.1 Å². The van der Waals surface area contributed by atoms with Crippen LogP contribution in [0, 0.1) is 0 Å². The van der Waals surface area contributed by atoms with Crippen LogP contribution in [-0.2, 0) is 0 Å². The first-order valence-electron chi connectivity index (χ1n) is 4.73. The van der Waals surface area contributed by atoms with E-state index in [9.17, 15) is 5.11 Å². The van der Waals surface area contributed by atoms with E-state index >= 15 is 0 Å². The van der Waals surface area contributed by atoms with Gasteiger partial charge in [-0.25, -0.2) is 0 Å². The fourth-order valence-corrected chi connectivity index (χ4v) is 1.01. The van der Waals surface area contributed by atoms with Gasteiger partial charge in [0.05, 0.1) is 24.9 Å². The molecule has 0 heterocycles. The lowest BCUT2D eigenvalue weighted by Crippen LogP contribution is -2.52. The van der Waals surface area contributed by atoms with Crippen LogP contribution in [0.4, 0.5) is 0 Å². The highest BCUT2D eigenvalue weighted by Gasteiger charge is 2.22. The second-order valence-electron chi connectivity index (χ2n) is 4.17. The zero-order chi connectivity index (χ0) is 11.2. The van der Waals surface area contributed by atoms with Crippen molar-refractivity contribution >= 4 is 0 Å². The second-order valence-corrected chi connectivity index (χ2v) is 4.17. The Morgan fingerprint density at radius 1 is 1.29 bits per heavy atom. The van der Waals surface area contributed by atoms with E-state index in [1.165, 1.54) is 0 Å². The molecule has 0 aromatic carbocycles. The molecule has 0 fully saturated rings. The van der Waals surface area contributed by atoms with Crippen LogP contribution in [0.15, 0.2) is 0 Å². The number of nitrogens with one attached hydrogen (secondary N) is 1. The fraction of sp³-hybridized carbons (Fsp3) is 1.00. The van der Waals surface area contributed by atoms with E-state index in [2.05, 4.69) is 5.32 Å². The zero-order valence-corrected chi connectivity index (χ0v) is 9.19. The van der Waals surface area contributed by atoms with Crippen LogP contribution in [0.25, 0.3) is 0 Å². The lowest BCUT2D eigenvalue weighted by atomic mass is 10.1. The summed E-state index contributed by atoms with van der Waals surface area (Å²) >= 11 is 0. The van der Waals surface area contributed by atoms with Gasteiger partial charge in [-0.3, -0.25) is 0 Å². The quantitative estimate of drug-likeness (QED) is 0.397. The van der Waals surface area contributed by atoms with Crippen molar-refractivity contribution < 1.29 is 15.3 Å². The third-order valence-corrected chi connectivity index (χ3v) is 2.04. The molecule has 86 valence electrons. The lowest BCUT2D eigenvalue weighted by molar-refractivity contribution is 0.0768. The number of β-amino-alcohol motifs (C(OH)–C–C–N with tert-alkyl or cyclic N) is 1. The molecular formula is C9H22N2O3. The van der Waals surface area contributed by atoms with Crippen LogP contribution >= 0.6 is 0 Å². The van der Waals surface area contributed by atoms with Crippen molar-refractivity contribution in [2.24, 2.45) is 0 Å². The highest BCUT2D eigenvalue weighted by Crippen LogP contribution is 2.00. The topological polar surface area (TPSA) is 76.0 Å². The molecule has 0 aliphatic rings. The second kappa shape index (κ2) is 6.31. The van der Waals surface area contributed by atoms with Gasteiger partial charge in [0.15, 0.2) is 0 Å². The van der Waals surface area contributed by atoms with Crippen molar-refractivity contribution in [1.82, 2.24) is 10.2 Å². The van der Waals surface area contributed by atoms with Crippen molar-refractivity contribution in [2.45, 2.75) is 18.6 Å². The van der Waals surface area contributed by atoms with Gasteiger partial charge >= 0.3 is 0 Å². The molecule has 1 unspecified atom stereocenters. The Hall–Kier alpha value is -0.200. The highest BCUT2D eigenvalue weighted by atomic mass is 16.3. The maximum Gasteiger partial charge on any atom is 0.0791 e. The fourth-order valence-electron chi connectivity index (χ4n) is 1.01.